The van der Waals surface area contributed by atoms with Crippen LogP contribution >= 0.6 is 11.3 Å². The normalized spacial score (nSPS) is 10.5. The summed E-state index contributed by atoms with van der Waals surface area (Å²) in [6.07, 6.45) is 0.645. The Morgan fingerprint density at radius 3 is 3.00 bits per heavy atom. The molecule has 2 rings (SSSR count). The highest BCUT2D eigenvalue weighted by atomic mass is 32.1. The molecule has 3 nitrogen and oxygen atoms in total. The number of anilines is 1. The molecule has 3 N–H and O–H groups in total. The molecule has 13 heavy (non-hydrogen) atoms. The highest BCUT2D eigenvalue weighted by molar-refractivity contribution is 7.17. The molecular weight excluding hydrogens is 186 g/mol. The van der Waals surface area contributed by atoms with Crippen LogP contribution in [0.1, 0.15) is 10.4 Å². The van der Waals surface area contributed by atoms with Gasteiger partial charge in [0.1, 0.15) is 5.75 Å². The number of carbonyl (C=O) groups excluding carboxylic acids is 1. The van der Waals surface area contributed by atoms with E-state index in [1.165, 1.54) is 17.4 Å². The third kappa shape index (κ3) is 1.07. The molecule has 1 heterocycles. The lowest BCUT2D eigenvalue weighted by Crippen LogP contribution is -1.92. The SMILES string of the molecule is Nc1c(C=O)cc(O)c2sccc12. The summed E-state index contributed by atoms with van der Waals surface area (Å²) in [6.45, 7) is 0. The molecule has 0 aliphatic rings. The van der Waals surface area contributed by atoms with Crippen molar-refractivity contribution in [1.82, 2.24) is 0 Å². The second-order valence-corrected chi connectivity index (χ2v) is 3.60. The van der Waals surface area contributed by atoms with Crippen LogP contribution in [0, 0.1) is 0 Å². The maximum absolute atomic E-state index is 10.6. The average Bonchev–Trinajstić information content (AvgIpc) is 2.60. The molecule has 1 aromatic heterocycles. The number of aldehydes is 1. The van der Waals surface area contributed by atoms with E-state index in [-0.39, 0.29) is 5.75 Å². The van der Waals surface area contributed by atoms with E-state index < -0.39 is 0 Å². The van der Waals surface area contributed by atoms with Gasteiger partial charge in [0.15, 0.2) is 6.29 Å². The number of phenolic OH excluding ortho intramolecular Hbond substituents is 1. The van der Waals surface area contributed by atoms with Crippen molar-refractivity contribution in [3.8, 4) is 5.75 Å². The molecule has 0 bridgehead atoms. The fourth-order valence-electron chi connectivity index (χ4n) is 1.26. The molecule has 1 aromatic carbocycles. The molecule has 0 atom stereocenters. The number of thiophene rings is 1. The van der Waals surface area contributed by atoms with Gasteiger partial charge in [-0.25, -0.2) is 0 Å². The van der Waals surface area contributed by atoms with Crippen LogP contribution in [0.3, 0.4) is 0 Å². The molecule has 0 radical (unpaired) electrons. The number of nitrogen functional groups attached to an aromatic ring is 1. The van der Waals surface area contributed by atoms with Crippen LogP contribution in [0.15, 0.2) is 17.5 Å². The van der Waals surface area contributed by atoms with Crippen molar-refractivity contribution in [2.45, 2.75) is 0 Å². The van der Waals surface area contributed by atoms with E-state index in [2.05, 4.69) is 0 Å². The number of benzene rings is 1. The van der Waals surface area contributed by atoms with Gasteiger partial charge in [0.2, 0.25) is 0 Å². The van der Waals surface area contributed by atoms with Gasteiger partial charge in [-0.3, -0.25) is 4.79 Å². The third-order valence-electron chi connectivity index (χ3n) is 1.92. The summed E-state index contributed by atoms with van der Waals surface area (Å²) in [4.78, 5) is 10.6. The van der Waals surface area contributed by atoms with E-state index >= 15 is 0 Å². The predicted molar refractivity (Wildman–Crippen MR) is 53.3 cm³/mol. The molecular formula is C9H7NO2S. The van der Waals surface area contributed by atoms with Crippen molar-refractivity contribution in [3.05, 3.63) is 23.1 Å². The highest BCUT2D eigenvalue weighted by Gasteiger charge is 2.09. The maximum Gasteiger partial charge on any atom is 0.152 e. The van der Waals surface area contributed by atoms with E-state index in [4.69, 9.17) is 5.73 Å². The largest absolute Gasteiger partial charge is 0.506 e. The Labute approximate surface area is 78.4 Å². The summed E-state index contributed by atoms with van der Waals surface area (Å²) in [6, 6.07) is 3.18. The minimum Gasteiger partial charge on any atom is -0.506 e. The fraction of sp³-hybridized carbons (Fsp3) is 0. The van der Waals surface area contributed by atoms with Crippen molar-refractivity contribution in [2.24, 2.45) is 0 Å². The molecule has 0 amide bonds. The number of nitrogens with two attached hydrogens (primary N) is 1. The summed E-state index contributed by atoms with van der Waals surface area (Å²) in [7, 11) is 0. The number of hydrogen-bond donors (Lipinski definition) is 2. The highest BCUT2D eigenvalue weighted by Crippen LogP contribution is 2.35. The van der Waals surface area contributed by atoms with Crippen molar-refractivity contribution in [3.63, 3.8) is 0 Å². The van der Waals surface area contributed by atoms with Gasteiger partial charge in [0.25, 0.3) is 0 Å². The first-order valence-electron chi connectivity index (χ1n) is 3.68. The van der Waals surface area contributed by atoms with Gasteiger partial charge in [-0.15, -0.1) is 11.3 Å². The van der Waals surface area contributed by atoms with Crippen molar-refractivity contribution >= 4 is 33.4 Å². The van der Waals surface area contributed by atoms with Gasteiger partial charge in [0.05, 0.1) is 10.4 Å². The van der Waals surface area contributed by atoms with Crippen LogP contribution in [0.5, 0.6) is 5.75 Å². The molecule has 0 unspecified atom stereocenters. The molecule has 0 aliphatic heterocycles. The summed E-state index contributed by atoms with van der Waals surface area (Å²) in [5.74, 6) is 0.112. The quantitative estimate of drug-likeness (QED) is 0.413. The Bertz CT molecular complexity index is 476. The van der Waals surface area contributed by atoms with E-state index in [1.54, 1.807) is 6.07 Å². The Morgan fingerprint density at radius 1 is 1.54 bits per heavy atom. The molecule has 0 saturated carbocycles. The van der Waals surface area contributed by atoms with Crippen LogP contribution < -0.4 is 5.73 Å². The number of phenols is 1. The van der Waals surface area contributed by atoms with Crippen LogP contribution in [-0.2, 0) is 0 Å². The van der Waals surface area contributed by atoms with Gasteiger partial charge >= 0.3 is 0 Å². The van der Waals surface area contributed by atoms with E-state index in [0.717, 1.165) is 10.1 Å². The predicted octanol–water partition coefficient (Wildman–Crippen LogP) is 2.00. The van der Waals surface area contributed by atoms with Gasteiger partial charge in [-0.2, -0.15) is 0 Å². The minimum absolute atomic E-state index is 0.112. The van der Waals surface area contributed by atoms with Gasteiger partial charge in [-0.05, 0) is 17.5 Å². The molecule has 66 valence electrons. The first-order valence-corrected chi connectivity index (χ1v) is 4.56. The van der Waals surface area contributed by atoms with Crippen molar-refractivity contribution in [1.29, 1.82) is 0 Å². The average molecular weight is 193 g/mol. The molecule has 2 aromatic rings. The van der Waals surface area contributed by atoms with Crippen molar-refractivity contribution < 1.29 is 9.90 Å². The van der Waals surface area contributed by atoms with E-state index in [0.29, 0.717) is 17.5 Å². The lowest BCUT2D eigenvalue weighted by Gasteiger charge is -2.01. The van der Waals surface area contributed by atoms with Crippen LogP contribution in [-0.4, -0.2) is 11.4 Å². The number of fused-ring (bicyclic) bond motifs is 1. The second kappa shape index (κ2) is 2.74. The summed E-state index contributed by atoms with van der Waals surface area (Å²) in [5.41, 5.74) is 6.48. The molecule has 0 spiro atoms. The van der Waals surface area contributed by atoms with E-state index in [9.17, 15) is 9.90 Å². The first-order chi connectivity index (χ1) is 6.24. The number of rotatable bonds is 1. The number of hydrogen-bond acceptors (Lipinski definition) is 4. The molecule has 0 saturated heterocycles. The van der Waals surface area contributed by atoms with Gasteiger partial charge < -0.3 is 10.8 Å². The maximum atomic E-state index is 10.6. The van der Waals surface area contributed by atoms with Crippen LogP contribution in [0.25, 0.3) is 10.1 Å². The topological polar surface area (TPSA) is 63.3 Å². The van der Waals surface area contributed by atoms with Crippen molar-refractivity contribution in [2.75, 3.05) is 5.73 Å². The lowest BCUT2D eigenvalue weighted by atomic mass is 10.1. The summed E-state index contributed by atoms with van der Waals surface area (Å²) in [5, 5.41) is 12.1. The Balaban J connectivity index is 2.93. The van der Waals surface area contributed by atoms with E-state index in [1.807, 2.05) is 5.38 Å². The Hall–Kier alpha value is -1.55. The van der Waals surface area contributed by atoms with Gasteiger partial charge in [0, 0.05) is 10.9 Å². The lowest BCUT2D eigenvalue weighted by molar-refractivity contribution is 0.112. The molecule has 4 heteroatoms. The van der Waals surface area contributed by atoms with Crippen LogP contribution in [0.4, 0.5) is 5.69 Å². The smallest absolute Gasteiger partial charge is 0.152 e. The second-order valence-electron chi connectivity index (χ2n) is 2.68. The zero-order valence-electron chi connectivity index (χ0n) is 6.65. The standard InChI is InChI=1S/C9H7NO2S/c10-8-5(4-11)3-7(12)9-6(8)1-2-13-9/h1-4,12H,10H2. The van der Waals surface area contributed by atoms with Crippen LogP contribution in [0.2, 0.25) is 0 Å². The molecule has 0 aliphatic carbocycles. The summed E-state index contributed by atoms with van der Waals surface area (Å²) >= 11 is 1.40. The monoisotopic (exact) mass is 193 g/mol. The Kier molecular flexibility index (Phi) is 1.70. The summed E-state index contributed by atoms with van der Waals surface area (Å²) < 4.78 is 0.725. The first kappa shape index (κ1) is 8.07. The van der Waals surface area contributed by atoms with Gasteiger partial charge in [-0.1, -0.05) is 0 Å². The fourth-order valence-corrected chi connectivity index (χ4v) is 2.09. The number of carbonyl (C=O) groups is 1. The molecule has 0 fully saturated rings. The number of aromatic hydroxyl groups is 1. The Morgan fingerprint density at radius 2 is 2.31 bits per heavy atom. The zero-order valence-corrected chi connectivity index (χ0v) is 7.47. The third-order valence-corrected chi connectivity index (χ3v) is 2.86. The minimum atomic E-state index is 0.112. The zero-order chi connectivity index (χ0) is 9.42.